The monoisotopic (exact) mass is 450 g/mol. The van der Waals surface area contributed by atoms with Crippen LogP contribution in [-0.4, -0.2) is 31.9 Å². The summed E-state index contributed by atoms with van der Waals surface area (Å²) in [6.07, 6.45) is 1.83. The SMILES string of the molecule is COC(=O)C1=C(C)N=c2sc(=Cc3ccccc3)c(=O)n2C1c1ccc(OC)c(OC)c1. The number of methoxy groups -OCH3 is 3. The lowest BCUT2D eigenvalue weighted by Gasteiger charge is -2.25. The molecule has 0 saturated heterocycles. The quantitative estimate of drug-likeness (QED) is 0.558. The van der Waals surface area contributed by atoms with E-state index in [-0.39, 0.29) is 5.56 Å². The number of allylic oxidation sites excluding steroid dienone is 1. The largest absolute Gasteiger partial charge is 0.493 e. The predicted octanol–water partition coefficient (Wildman–Crippen LogP) is 2.43. The molecule has 1 unspecified atom stereocenters. The lowest BCUT2D eigenvalue weighted by molar-refractivity contribution is -0.136. The van der Waals surface area contributed by atoms with Crippen LogP contribution in [0.15, 0.2) is 69.6 Å². The number of thiazole rings is 1. The van der Waals surface area contributed by atoms with Crippen LogP contribution < -0.4 is 24.4 Å². The molecule has 2 aromatic carbocycles. The highest BCUT2D eigenvalue weighted by atomic mass is 32.1. The zero-order valence-electron chi connectivity index (χ0n) is 18.1. The van der Waals surface area contributed by atoms with Crippen LogP contribution in [0.4, 0.5) is 0 Å². The second-order valence-electron chi connectivity index (χ2n) is 7.10. The Kier molecular flexibility index (Phi) is 5.96. The van der Waals surface area contributed by atoms with E-state index in [1.807, 2.05) is 42.5 Å². The summed E-state index contributed by atoms with van der Waals surface area (Å²) in [7, 11) is 4.40. The van der Waals surface area contributed by atoms with Gasteiger partial charge in [0.2, 0.25) is 0 Å². The molecule has 1 atom stereocenters. The fraction of sp³-hybridized carbons (Fsp3) is 0.208. The van der Waals surface area contributed by atoms with Gasteiger partial charge in [0.25, 0.3) is 5.56 Å². The van der Waals surface area contributed by atoms with Crippen LogP contribution in [0, 0.1) is 0 Å². The van der Waals surface area contributed by atoms with Crippen LogP contribution in [0.25, 0.3) is 6.08 Å². The Labute approximate surface area is 188 Å². The minimum atomic E-state index is -0.712. The van der Waals surface area contributed by atoms with Crippen LogP contribution in [0.1, 0.15) is 24.1 Å². The third kappa shape index (κ3) is 3.73. The second kappa shape index (κ2) is 8.84. The lowest BCUT2D eigenvalue weighted by Crippen LogP contribution is -2.39. The van der Waals surface area contributed by atoms with E-state index in [1.165, 1.54) is 25.6 Å². The molecule has 0 spiro atoms. The number of esters is 1. The molecule has 0 N–H and O–H groups in total. The molecular formula is C24H22N2O5S. The Morgan fingerprint density at radius 3 is 2.44 bits per heavy atom. The number of nitrogens with zero attached hydrogens (tertiary/aromatic N) is 2. The van der Waals surface area contributed by atoms with Crippen LogP contribution in [0.5, 0.6) is 11.5 Å². The Morgan fingerprint density at radius 1 is 1.06 bits per heavy atom. The zero-order valence-corrected chi connectivity index (χ0v) is 18.9. The number of rotatable bonds is 5. The third-order valence-corrected chi connectivity index (χ3v) is 6.23. The van der Waals surface area contributed by atoms with Crippen molar-refractivity contribution in [1.29, 1.82) is 0 Å². The van der Waals surface area contributed by atoms with Crippen molar-refractivity contribution < 1.29 is 19.0 Å². The van der Waals surface area contributed by atoms with E-state index in [1.54, 1.807) is 30.7 Å². The van der Waals surface area contributed by atoms with Gasteiger partial charge in [-0.05, 0) is 36.3 Å². The topological polar surface area (TPSA) is 79.1 Å². The molecule has 0 bridgehead atoms. The van der Waals surface area contributed by atoms with Crippen LogP contribution in [-0.2, 0) is 9.53 Å². The van der Waals surface area contributed by atoms with Crippen molar-refractivity contribution in [3.63, 3.8) is 0 Å². The van der Waals surface area contributed by atoms with Crippen molar-refractivity contribution in [2.45, 2.75) is 13.0 Å². The van der Waals surface area contributed by atoms with Gasteiger partial charge in [0.1, 0.15) is 0 Å². The number of ether oxygens (including phenoxy) is 3. The minimum Gasteiger partial charge on any atom is -0.493 e. The highest BCUT2D eigenvalue weighted by Crippen LogP contribution is 2.35. The Hall–Kier alpha value is -3.65. The van der Waals surface area contributed by atoms with Gasteiger partial charge in [0, 0.05) is 0 Å². The van der Waals surface area contributed by atoms with Gasteiger partial charge in [0.05, 0.1) is 43.2 Å². The first-order valence-corrected chi connectivity index (χ1v) is 10.7. The van der Waals surface area contributed by atoms with Crippen molar-refractivity contribution in [1.82, 2.24) is 4.57 Å². The van der Waals surface area contributed by atoms with Crippen molar-refractivity contribution >= 4 is 23.4 Å². The molecule has 1 aliphatic rings. The molecular weight excluding hydrogens is 428 g/mol. The molecule has 164 valence electrons. The van der Waals surface area contributed by atoms with E-state index in [4.69, 9.17) is 14.2 Å². The molecule has 8 heteroatoms. The molecule has 7 nitrogen and oxygen atoms in total. The Morgan fingerprint density at radius 2 is 1.78 bits per heavy atom. The molecule has 0 fully saturated rings. The van der Waals surface area contributed by atoms with Crippen molar-refractivity contribution in [3.05, 3.63) is 90.6 Å². The van der Waals surface area contributed by atoms with E-state index < -0.39 is 12.0 Å². The molecule has 4 rings (SSSR count). The lowest BCUT2D eigenvalue weighted by atomic mass is 9.95. The maximum absolute atomic E-state index is 13.5. The standard InChI is InChI=1S/C24H22N2O5S/c1-14-20(23(28)31-4)21(16-10-11-17(29-2)18(13-16)30-3)26-22(27)19(32-24(26)25-14)12-15-8-6-5-7-9-15/h5-13,21H,1-4H3. The van der Waals surface area contributed by atoms with Gasteiger partial charge in [0.15, 0.2) is 16.3 Å². The minimum absolute atomic E-state index is 0.230. The van der Waals surface area contributed by atoms with Gasteiger partial charge in [-0.2, -0.15) is 0 Å². The highest BCUT2D eigenvalue weighted by Gasteiger charge is 2.33. The summed E-state index contributed by atoms with van der Waals surface area (Å²) in [6, 6.07) is 14.2. The Balaban J connectivity index is 1.99. The third-order valence-electron chi connectivity index (χ3n) is 5.25. The number of aromatic nitrogens is 1. The molecule has 3 aromatic rings. The highest BCUT2D eigenvalue weighted by molar-refractivity contribution is 7.07. The normalized spacial score (nSPS) is 15.8. The fourth-order valence-corrected chi connectivity index (χ4v) is 4.78. The van der Waals surface area contributed by atoms with Gasteiger partial charge in [-0.15, -0.1) is 0 Å². The summed E-state index contributed by atoms with van der Waals surface area (Å²) in [6.45, 7) is 1.74. The average Bonchev–Trinajstić information content (AvgIpc) is 3.12. The van der Waals surface area contributed by atoms with E-state index in [0.29, 0.717) is 37.7 Å². The molecule has 1 aromatic heterocycles. The molecule has 2 heterocycles. The predicted molar refractivity (Wildman–Crippen MR) is 122 cm³/mol. The molecule has 0 aliphatic carbocycles. The molecule has 0 amide bonds. The summed E-state index contributed by atoms with van der Waals surface area (Å²) >= 11 is 1.28. The molecule has 0 radical (unpaired) electrons. The van der Waals surface area contributed by atoms with Crippen LogP contribution >= 0.6 is 11.3 Å². The smallest absolute Gasteiger partial charge is 0.338 e. The summed E-state index contributed by atoms with van der Waals surface area (Å²) in [5.74, 6) is 0.506. The number of hydrogen-bond acceptors (Lipinski definition) is 7. The summed E-state index contributed by atoms with van der Waals surface area (Å²) in [5, 5.41) is 0. The van der Waals surface area contributed by atoms with Crippen molar-refractivity contribution in [3.8, 4) is 11.5 Å². The van der Waals surface area contributed by atoms with E-state index in [0.717, 1.165) is 5.56 Å². The van der Waals surface area contributed by atoms with Crippen molar-refractivity contribution in [2.75, 3.05) is 21.3 Å². The van der Waals surface area contributed by atoms with Gasteiger partial charge in [-0.25, -0.2) is 9.79 Å². The van der Waals surface area contributed by atoms with Gasteiger partial charge in [-0.1, -0.05) is 47.7 Å². The van der Waals surface area contributed by atoms with Gasteiger partial charge in [-0.3, -0.25) is 9.36 Å². The fourth-order valence-electron chi connectivity index (χ4n) is 3.73. The van der Waals surface area contributed by atoms with Gasteiger partial charge >= 0.3 is 5.97 Å². The number of carbonyl (C=O) groups excluding carboxylic acids is 1. The summed E-state index contributed by atoms with van der Waals surface area (Å²) in [5.41, 5.74) is 2.17. The zero-order chi connectivity index (χ0) is 22.8. The molecule has 0 saturated carbocycles. The number of fused-ring (bicyclic) bond motifs is 1. The average molecular weight is 451 g/mol. The molecule has 32 heavy (non-hydrogen) atoms. The van der Waals surface area contributed by atoms with Crippen LogP contribution in [0.2, 0.25) is 0 Å². The van der Waals surface area contributed by atoms with Gasteiger partial charge < -0.3 is 14.2 Å². The van der Waals surface area contributed by atoms with E-state index in [9.17, 15) is 9.59 Å². The molecule has 1 aliphatic heterocycles. The second-order valence-corrected chi connectivity index (χ2v) is 8.11. The van der Waals surface area contributed by atoms with E-state index >= 15 is 0 Å². The summed E-state index contributed by atoms with van der Waals surface area (Å²) < 4.78 is 17.9. The van der Waals surface area contributed by atoms with Crippen LogP contribution in [0.3, 0.4) is 0 Å². The maximum Gasteiger partial charge on any atom is 0.338 e. The maximum atomic E-state index is 13.5. The number of carbonyl (C=O) groups is 1. The van der Waals surface area contributed by atoms with Crippen molar-refractivity contribution in [2.24, 2.45) is 4.99 Å². The van der Waals surface area contributed by atoms with E-state index in [2.05, 4.69) is 4.99 Å². The number of hydrogen-bond donors (Lipinski definition) is 0. The number of benzene rings is 2. The Bertz CT molecular complexity index is 1390. The first kappa shape index (κ1) is 21.6. The first-order chi connectivity index (χ1) is 15.5. The summed E-state index contributed by atoms with van der Waals surface area (Å²) in [4.78, 5) is 31.3. The first-order valence-electron chi connectivity index (χ1n) is 9.86.